The standard InChI is InChI=1S/C21H26O3/c1-15(12-19(23)17-8-6-5-7-9-17)10-11-21(24)16(2)13-18(22)14-20(21,3)4/h5-13,18,22,24H,14H2,1-4H3. The van der Waals surface area contributed by atoms with Crippen molar-refractivity contribution in [3.05, 3.63) is 71.3 Å². The van der Waals surface area contributed by atoms with Crippen molar-refractivity contribution in [3.8, 4) is 0 Å². The van der Waals surface area contributed by atoms with Crippen LogP contribution in [-0.4, -0.2) is 27.7 Å². The minimum absolute atomic E-state index is 0.0599. The zero-order chi connectivity index (χ0) is 18.0. The molecule has 0 radical (unpaired) electrons. The van der Waals surface area contributed by atoms with E-state index in [1.165, 1.54) is 0 Å². The van der Waals surface area contributed by atoms with Gasteiger partial charge in [-0.2, -0.15) is 0 Å². The van der Waals surface area contributed by atoms with Gasteiger partial charge in [-0.1, -0.05) is 56.3 Å². The number of hydrogen-bond donors (Lipinski definition) is 2. The van der Waals surface area contributed by atoms with E-state index in [1.54, 1.807) is 36.4 Å². The molecule has 2 unspecified atom stereocenters. The Balaban J connectivity index is 2.24. The van der Waals surface area contributed by atoms with Gasteiger partial charge in [0.05, 0.1) is 6.10 Å². The van der Waals surface area contributed by atoms with Crippen LogP contribution in [0.25, 0.3) is 0 Å². The number of aliphatic hydroxyl groups excluding tert-OH is 1. The average molecular weight is 326 g/mol. The van der Waals surface area contributed by atoms with Gasteiger partial charge in [-0.05, 0) is 43.6 Å². The Kier molecular flexibility index (Phi) is 5.26. The van der Waals surface area contributed by atoms with Gasteiger partial charge in [0, 0.05) is 11.0 Å². The quantitative estimate of drug-likeness (QED) is 0.382. The van der Waals surface area contributed by atoms with Crippen molar-refractivity contribution in [2.24, 2.45) is 5.41 Å². The molecule has 1 aliphatic carbocycles. The van der Waals surface area contributed by atoms with Gasteiger partial charge >= 0.3 is 0 Å². The van der Waals surface area contributed by atoms with Crippen LogP contribution in [0.15, 0.2) is 65.8 Å². The molecule has 1 aliphatic rings. The second-order valence-corrected chi connectivity index (χ2v) is 7.22. The molecule has 2 N–H and O–H groups in total. The summed E-state index contributed by atoms with van der Waals surface area (Å²) < 4.78 is 0. The lowest BCUT2D eigenvalue weighted by Gasteiger charge is -2.46. The lowest BCUT2D eigenvalue weighted by molar-refractivity contribution is -0.0292. The molecule has 3 nitrogen and oxygen atoms in total. The Labute approximate surface area is 144 Å². The second-order valence-electron chi connectivity index (χ2n) is 7.22. The molecule has 1 aromatic rings. The van der Waals surface area contributed by atoms with Crippen LogP contribution in [0.4, 0.5) is 0 Å². The molecule has 1 aromatic carbocycles. The Hall–Kier alpha value is -1.97. The molecular weight excluding hydrogens is 300 g/mol. The first kappa shape index (κ1) is 18.4. The molecule has 0 bridgehead atoms. The van der Waals surface area contributed by atoms with Crippen molar-refractivity contribution in [2.45, 2.75) is 45.8 Å². The van der Waals surface area contributed by atoms with E-state index in [9.17, 15) is 15.0 Å². The number of rotatable bonds is 4. The zero-order valence-corrected chi connectivity index (χ0v) is 14.8. The van der Waals surface area contributed by atoms with Gasteiger partial charge < -0.3 is 10.2 Å². The predicted molar refractivity (Wildman–Crippen MR) is 96.8 cm³/mol. The molecule has 0 aromatic heterocycles. The summed E-state index contributed by atoms with van der Waals surface area (Å²) in [6.45, 7) is 7.53. The van der Waals surface area contributed by atoms with Gasteiger partial charge in [0.25, 0.3) is 0 Å². The van der Waals surface area contributed by atoms with Gasteiger partial charge in [-0.25, -0.2) is 0 Å². The van der Waals surface area contributed by atoms with Crippen LogP contribution >= 0.6 is 0 Å². The highest BCUT2D eigenvalue weighted by Gasteiger charge is 2.46. The van der Waals surface area contributed by atoms with Crippen LogP contribution in [-0.2, 0) is 0 Å². The highest BCUT2D eigenvalue weighted by molar-refractivity contribution is 6.05. The van der Waals surface area contributed by atoms with Gasteiger partial charge in [-0.3, -0.25) is 4.79 Å². The average Bonchev–Trinajstić information content (AvgIpc) is 2.51. The second kappa shape index (κ2) is 6.88. The maximum atomic E-state index is 12.2. The van der Waals surface area contributed by atoms with Gasteiger partial charge in [-0.15, -0.1) is 0 Å². The largest absolute Gasteiger partial charge is 0.389 e. The molecule has 0 fully saturated rings. The fourth-order valence-electron chi connectivity index (χ4n) is 3.24. The van der Waals surface area contributed by atoms with Gasteiger partial charge in [0.2, 0.25) is 0 Å². The van der Waals surface area contributed by atoms with Crippen molar-refractivity contribution < 1.29 is 15.0 Å². The van der Waals surface area contributed by atoms with Crippen molar-refractivity contribution in [3.63, 3.8) is 0 Å². The third-order valence-corrected chi connectivity index (χ3v) is 4.80. The monoisotopic (exact) mass is 326 g/mol. The number of hydrogen-bond acceptors (Lipinski definition) is 3. The topological polar surface area (TPSA) is 57.5 Å². The molecule has 24 heavy (non-hydrogen) atoms. The maximum absolute atomic E-state index is 12.2. The van der Waals surface area contributed by atoms with Crippen LogP contribution in [0.1, 0.15) is 44.5 Å². The first-order valence-corrected chi connectivity index (χ1v) is 8.22. The van der Waals surface area contributed by atoms with Crippen LogP contribution in [0.5, 0.6) is 0 Å². The molecule has 0 saturated carbocycles. The number of carbonyl (C=O) groups excluding carboxylic acids is 1. The van der Waals surface area contributed by atoms with Crippen molar-refractivity contribution in [1.29, 1.82) is 0 Å². The van der Waals surface area contributed by atoms with Crippen LogP contribution in [0.2, 0.25) is 0 Å². The summed E-state index contributed by atoms with van der Waals surface area (Å²) in [7, 11) is 0. The summed E-state index contributed by atoms with van der Waals surface area (Å²) in [5.74, 6) is -0.0599. The Morgan fingerprint density at radius 1 is 1.25 bits per heavy atom. The van der Waals surface area contributed by atoms with Crippen LogP contribution in [0.3, 0.4) is 0 Å². The van der Waals surface area contributed by atoms with E-state index in [-0.39, 0.29) is 5.78 Å². The SMILES string of the molecule is CC(C=CC1(O)C(C)=CC(O)CC1(C)C)=CC(=O)c1ccccc1. The zero-order valence-electron chi connectivity index (χ0n) is 14.8. The van der Waals surface area contributed by atoms with E-state index in [4.69, 9.17) is 0 Å². The third kappa shape index (κ3) is 3.74. The number of allylic oxidation sites excluding steroid dienone is 3. The molecule has 2 rings (SSSR count). The molecule has 0 spiro atoms. The smallest absolute Gasteiger partial charge is 0.186 e. The number of aliphatic hydroxyl groups is 2. The summed E-state index contributed by atoms with van der Waals surface area (Å²) in [5, 5.41) is 21.0. The van der Waals surface area contributed by atoms with E-state index in [0.717, 1.165) is 11.1 Å². The van der Waals surface area contributed by atoms with Crippen molar-refractivity contribution in [2.75, 3.05) is 0 Å². The summed E-state index contributed by atoms with van der Waals surface area (Å²) in [4.78, 5) is 12.2. The van der Waals surface area contributed by atoms with Crippen molar-refractivity contribution in [1.82, 2.24) is 0 Å². The van der Waals surface area contributed by atoms with E-state index in [2.05, 4.69) is 0 Å². The lowest BCUT2D eigenvalue weighted by atomic mass is 9.64. The molecule has 128 valence electrons. The number of carbonyl (C=O) groups is 1. The Morgan fingerprint density at radius 3 is 2.46 bits per heavy atom. The highest BCUT2D eigenvalue weighted by atomic mass is 16.3. The lowest BCUT2D eigenvalue weighted by Crippen LogP contribution is -2.48. The maximum Gasteiger partial charge on any atom is 0.186 e. The normalized spacial score (nSPS) is 27.2. The van der Waals surface area contributed by atoms with Gasteiger partial charge in [0.1, 0.15) is 5.60 Å². The van der Waals surface area contributed by atoms with Crippen LogP contribution in [0, 0.1) is 5.41 Å². The minimum atomic E-state index is -1.14. The Morgan fingerprint density at radius 2 is 1.88 bits per heavy atom. The van der Waals surface area contributed by atoms with Crippen molar-refractivity contribution >= 4 is 5.78 Å². The van der Waals surface area contributed by atoms with E-state index in [0.29, 0.717) is 12.0 Å². The molecular formula is C21H26O3. The number of ketones is 1. The predicted octanol–water partition coefficient (Wildman–Crippen LogP) is 3.84. The van der Waals surface area contributed by atoms with E-state index < -0.39 is 17.1 Å². The molecule has 0 heterocycles. The summed E-state index contributed by atoms with van der Waals surface area (Å²) >= 11 is 0. The van der Waals surface area contributed by atoms with E-state index in [1.807, 2.05) is 45.9 Å². The molecule has 0 aliphatic heterocycles. The first-order chi connectivity index (χ1) is 11.2. The number of benzene rings is 1. The minimum Gasteiger partial charge on any atom is -0.389 e. The highest BCUT2D eigenvalue weighted by Crippen LogP contribution is 2.45. The molecule has 0 amide bonds. The fraction of sp³-hybridized carbons (Fsp3) is 0.381. The fourth-order valence-corrected chi connectivity index (χ4v) is 3.24. The summed E-state index contributed by atoms with van der Waals surface area (Å²) in [5.41, 5.74) is 0.501. The molecule has 2 atom stereocenters. The van der Waals surface area contributed by atoms with Gasteiger partial charge in [0.15, 0.2) is 5.78 Å². The van der Waals surface area contributed by atoms with Crippen LogP contribution < -0.4 is 0 Å². The third-order valence-electron chi connectivity index (χ3n) is 4.80. The Bertz CT molecular complexity index is 695. The van der Waals surface area contributed by atoms with E-state index >= 15 is 0 Å². The molecule has 3 heteroatoms. The summed E-state index contributed by atoms with van der Waals surface area (Å²) in [6.07, 6.45) is 6.72. The molecule has 0 saturated heterocycles. The summed E-state index contributed by atoms with van der Waals surface area (Å²) in [6, 6.07) is 9.10. The first-order valence-electron chi connectivity index (χ1n) is 8.22.